The van der Waals surface area contributed by atoms with Gasteiger partial charge in [0.05, 0.1) is 25.6 Å². The first-order valence-corrected chi connectivity index (χ1v) is 6.82. The highest BCUT2D eigenvalue weighted by molar-refractivity contribution is 5.19. The molecule has 2 rings (SSSR count). The second kappa shape index (κ2) is 7.36. The molecule has 3 atom stereocenters. The van der Waals surface area contributed by atoms with Gasteiger partial charge in [0.1, 0.15) is 24.6 Å². The third-order valence-corrected chi connectivity index (χ3v) is 3.10. The molecule has 4 nitrogen and oxygen atoms in total. The van der Waals surface area contributed by atoms with Crippen molar-refractivity contribution in [2.75, 3.05) is 19.8 Å². The summed E-state index contributed by atoms with van der Waals surface area (Å²) in [6.07, 6.45) is 9.78. The smallest absolute Gasteiger partial charge is 0.131 e. The fourth-order valence-electron chi connectivity index (χ4n) is 1.79. The zero-order valence-corrected chi connectivity index (χ0v) is 11.4. The summed E-state index contributed by atoms with van der Waals surface area (Å²) >= 11 is 0. The van der Waals surface area contributed by atoms with Crippen LogP contribution in [-0.2, 0) is 18.9 Å². The monoisotopic (exact) mass is 266 g/mol. The van der Waals surface area contributed by atoms with Gasteiger partial charge >= 0.3 is 0 Å². The van der Waals surface area contributed by atoms with Crippen LogP contribution in [-0.4, -0.2) is 38.1 Å². The molecular formula is C15H22O4. The molecule has 1 aliphatic carbocycles. The maximum atomic E-state index is 5.70. The molecule has 0 aromatic heterocycles. The van der Waals surface area contributed by atoms with Crippen LogP contribution < -0.4 is 0 Å². The van der Waals surface area contributed by atoms with Crippen LogP contribution in [0.2, 0.25) is 0 Å². The lowest BCUT2D eigenvalue weighted by atomic mass is 10.1. The van der Waals surface area contributed by atoms with Crippen LogP contribution in [0.15, 0.2) is 36.8 Å². The molecule has 0 aromatic rings. The number of ether oxygens (including phenoxy) is 4. The van der Waals surface area contributed by atoms with Crippen molar-refractivity contribution in [3.8, 4) is 0 Å². The van der Waals surface area contributed by atoms with E-state index in [0.717, 1.165) is 25.2 Å². The van der Waals surface area contributed by atoms with Gasteiger partial charge in [0.15, 0.2) is 0 Å². The number of hydrogen-bond acceptors (Lipinski definition) is 4. The van der Waals surface area contributed by atoms with Crippen molar-refractivity contribution >= 4 is 0 Å². The van der Waals surface area contributed by atoms with E-state index in [2.05, 4.69) is 19.6 Å². The molecule has 0 spiro atoms. The fraction of sp³-hybridized carbons (Fsp3) is 0.600. The van der Waals surface area contributed by atoms with Crippen molar-refractivity contribution in [2.24, 2.45) is 0 Å². The highest BCUT2D eigenvalue weighted by atomic mass is 16.6. The first-order chi connectivity index (χ1) is 9.31. The highest BCUT2D eigenvalue weighted by Crippen LogP contribution is 2.17. The molecule has 1 heterocycles. The van der Waals surface area contributed by atoms with Gasteiger partial charge in [0.2, 0.25) is 0 Å². The topological polar surface area (TPSA) is 40.2 Å². The van der Waals surface area contributed by atoms with Gasteiger partial charge in [-0.15, -0.1) is 0 Å². The fourth-order valence-corrected chi connectivity index (χ4v) is 1.79. The molecular weight excluding hydrogens is 244 g/mol. The summed E-state index contributed by atoms with van der Waals surface area (Å²) in [7, 11) is 0. The average molecular weight is 266 g/mol. The van der Waals surface area contributed by atoms with Gasteiger partial charge < -0.3 is 18.9 Å². The lowest BCUT2D eigenvalue weighted by Crippen LogP contribution is -2.18. The van der Waals surface area contributed by atoms with Gasteiger partial charge in [-0.2, -0.15) is 0 Å². The van der Waals surface area contributed by atoms with Gasteiger partial charge in [0, 0.05) is 0 Å². The first kappa shape index (κ1) is 14.2. The number of allylic oxidation sites excluding steroid dienone is 1. The summed E-state index contributed by atoms with van der Waals surface area (Å²) in [6.45, 7) is 7.68. The van der Waals surface area contributed by atoms with Crippen molar-refractivity contribution in [3.63, 3.8) is 0 Å². The van der Waals surface area contributed by atoms with E-state index in [-0.39, 0.29) is 12.2 Å². The van der Waals surface area contributed by atoms with Crippen LogP contribution in [0.1, 0.15) is 19.8 Å². The standard InChI is InChI=1S/C15H22O4/c1-3-12(16-4-2)9-17-13-5-7-14(8-6-13)18-10-15-11-19-15/h4-7,12,14-15H,2-3,8-11H2,1H3. The average Bonchev–Trinajstić information content (AvgIpc) is 3.26. The Bertz CT molecular complexity index is 344. The predicted octanol–water partition coefficient (Wildman–Crippen LogP) is 2.57. The number of hydrogen-bond donors (Lipinski definition) is 0. The molecule has 0 saturated carbocycles. The predicted molar refractivity (Wildman–Crippen MR) is 72.6 cm³/mol. The molecule has 1 aliphatic heterocycles. The van der Waals surface area contributed by atoms with Crippen molar-refractivity contribution in [1.29, 1.82) is 0 Å². The third-order valence-electron chi connectivity index (χ3n) is 3.10. The Hall–Kier alpha value is -1.26. The van der Waals surface area contributed by atoms with E-state index < -0.39 is 0 Å². The molecule has 3 unspecified atom stereocenters. The van der Waals surface area contributed by atoms with Crippen molar-refractivity contribution in [2.45, 2.75) is 38.1 Å². The molecule has 0 radical (unpaired) electrons. The minimum atomic E-state index is 0.0628. The van der Waals surface area contributed by atoms with Gasteiger partial charge in [-0.3, -0.25) is 0 Å². The summed E-state index contributed by atoms with van der Waals surface area (Å²) in [4.78, 5) is 0. The van der Waals surface area contributed by atoms with E-state index in [9.17, 15) is 0 Å². The molecule has 0 bridgehead atoms. The number of epoxide rings is 1. The van der Waals surface area contributed by atoms with Gasteiger partial charge in [-0.25, -0.2) is 0 Å². The highest BCUT2D eigenvalue weighted by Gasteiger charge is 2.24. The third kappa shape index (κ3) is 5.09. The van der Waals surface area contributed by atoms with Crippen LogP contribution in [0, 0.1) is 0 Å². The normalized spacial score (nSPS) is 26.5. The summed E-state index contributed by atoms with van der Waals surface area (Å²) in [6, 6.07) is 0. The lowest BCUT2D eigenvalue weighted by Gasteiger charge is -2.19. The molecule has 0 aromatic carbocycles. The minimum absolute atomic E-state index is 0.0628. The molecule has 19 heavy (non-hydrogen) atoms. The second-order valence-electron chi connectivity index (χ2n) is 4.67. The molecule has 1 fully saturated rings. The van der Waals surface area contributed by atoms with E-state index in [4.69, 9.17) is 18.9 Å². The van der Waals surface area contributed by atoms with E-state index in [1.807, 2.05) is 12.2 Å². The Balaban J connectivity index is 1.65. The van der Waals surface area contributed by atoms with Gasteiger partial charge in [-0.1, -0.05) is 19.6 Å². The lowest BCUT2D eigenvalue weighted by molar-refractivity contribution is 0.0535. The van der Waals surface area contributed by atoms with Crippen LogP contribution in [0.25, 0.3) is 0 Å². The van der Waals surface area contributed by atoms with Crippen LogP contribution in [0.4, 0.5) is 0 Å². The molecule has 1 saturated heterocycles. The quantitative estimate of drug-likeness (QED) is 0.475. The summed E-state index contributed by atoms with van der Waals surface area (Å²) < 4.78 is 21.8. The number of rotatable bonds is 9. The zero-order chi connectivity index (χ0) is 13.5. The largest absolute Gasteiger partial charge is 0.495 e. The van der Waals surface area contributed by atoms with E-state index in [1.54, 1.807) is 0 Å². The Kier molecular flexibility index (Phi) is 5.48. The molecule has 0 N–H and O–H groups in total. The van der Waals surface area contributed by atoms with Crippen molar-refractivity contribution < 1.29 is 18.9 Å². The maximum Gasteiger partial charge on any atom is 0.131 e. The van der Waals surface area contributed by atoms with Gasteiger partial charge in [0.25, 0.3) is 0 Å². The van der Waals surface area contributed by atoms with E-state index >= 15 is 0 Å². The Labute approximate surface area is 114 Å². The van der Waals surface area contributed by atoms with E-state index in [0.29, 0.717) is 19.3 Å². The Morgan fingerprint density at radius 2 is 2.42 bits per heavy atom. The van der Waals surface area contributed by atoms with Crippen molar-refractivity contribution in [1.82, 2.24) is 0 Å². The second-order valence-corrected chi connectivity index (χ2v) is 4.67. The zero-order valence-electron chi connectivity index (χ0n) is 11.4. The summed E-state index contributed by atoms with van der Waals surface area (Å²) in [5, 5.41) is 0. The maximum absolute atomic E-state index is 5.70. The summed E-state index contributed by atoms with van der Waals surface area (Å²) in [5.41, 5.74) is 0. The molecule has 106 valence electrons. The summed E-state index contributed by atoms with van der Waals surface area (Å²) in [5.74, 6) is 0.883. The van der Waals surface area contributed by atoms with Crippen LogP contribution >= 0.6 is 0 Å². The Morgan fingerprint density at radius 3 is 3.00 bits per heavy atom. The molecule has 0 amide bonds. The van der Waals surface area contributed by atoms with E-state index in [1.165, 1.54) is 6.26 Å². The van der Waals surface area contributed by atoms with Crippen LogP contribution in [0.5, 0.6) is 0 Å². The molecule has 4 heteroatoms. The van der Waals surface area contributed by atoms with Gasteiger partial charge in [-0.05, 0) is 25.0 Å². The van der Waals surface area contributed by atoms with Crippen molar-refractivity contribution in [3.05, 3.63) is 36.8 Å². The first-order valence-electron chi connectivity index (χ1n) is 6.82. The SMILES string of the molecule is C=COC(CC)COC1=CCC(OCC2CO2)C=C1. The Morgan fingerprint density at radius 1 is 1.58 bits per heavy atom. The van der Waals surface area contributed by atoms with Crippen LogP contribution in [0.3, 0.4) is 0 Å². The molecule has 2 aliphatic rings. The minimum Gasteiger partial charge on any atom is -0.495 e.